The number of hydrogen-bond acceptors (Lipinski definition) is 4. The Labute approximate surface area is 175 Å². The van der Waals surface area contributed by atoms with Gasteiger partial charge in [0.2, 0.25) is 0 Å². The van der Waals surface area contributed by atoms with Crippen molar-refractivity contribution in [2.24, 2.45) is 0 Å². The third-order valence-corrected chi connectivity index (χ3v) is 12.5. The minimum Gasteiger partial charge on any atom is -0.404 e. The molecule has 0 aromatic heterocycles. The Morgan fingerprint density at radius 3 is 2.29 bits per heavy atom. The standard InChI is InChI=1S/C22H42O4Si2/c1-8-13-20(25-19-24-16-17-27(5,6)7)18-22(15-12-14-21(22)23)26-28(9-2,10-3)11-4/h1,20H,9-19H2,2-7H3/t20-,22+/m0/s1. The highest BCUT2D eigenvalue weighted by Gasteiger charge is 2.49. The summed E-state index contributed by atoms with van der Waals surface area (Å²) in [5, 5.41) is 0. The Hall–Kier alpha value is -0.456. The second-order valence-corrected chi connectivity index (χ2v) is 19.7. The molecule has 1 aliphatic rings. The van der Waals surface area contributed by atoms with Gasteiger partial charge in [0.25, 0.3) is 0 Å². The van der Waals surface area contributed by atoms with Crippen LogP contribution in [0.15, 0.2) is 0 Å². The molecular formula is C22H42O4Si2. The smallest absolute Gasteiger partial charge is 0.193 e. The van der Waals surface area contributed by atoms with Crippen molar-refractivity contribution >= 4 is 22.2 Å². The van der Waals surface area contributed by atoms with E-state index < -0.39 is 22.0 Å². The van der Waals surface area contributed by atoms with Gasteiger partial charge in [0.05, 0.1) is 6.10 Å². The summed E-state index contributed by atoms with van der Waals surface area (Å²) in [6.07, 6.45) is 8.73. The fraction of sp³-hybridized carbons (Fsp3) is 0.864. The van der Waals surface area contributed by atoms with Gasteiger partial charge in [0.1, 0.15) is 12.4 Å². The highest BCUT2D eigenvalue weighted by molar-refractivity contribution is 6.76. The first-order valence-corrected chi connectivity index (χ1v) is 17.3. The van der Waals surface area contributed by atoms with Crippen LogP contribution in [0.2, 0.25) is 43.8 Å². The molecule has 1 aliphatic carbocycles. The van der Waals surface area contributed by atoms with Gasteiger partial charge in [0.15, 0.2) is 14.1 Å². The van der Waals surface area contributed by atoms with Crippen molar-refractivity contribution in [1.82, 2.24) is 0 Å². The van der Waals surface area contributed by atoms with Crippen molar-refractivity contribution in [2.45, 2.75) is 108 Å². The predicted molar refractivity (Wildman–Crippen MR) is 122 cm³/mol. The first-order valence-electron chi connectivity index (χ1n) is 11.0. The van der Waals surface area contributed by atoms with Crippen molar-refractivity contribution in [2.75, 3.05) is 13.4 Å². The van der Waals surface area contributed by atoms with Crippen molar-refractivity contribution in [3.63, 3.8) is 0 Å². The van der Waals surface area contributed by atoms with Crippen LogP contribution in [0.25, 0.3) is 0 Å². The third kappa shape index (κ3) is 7.76. The number of hydrogen-bond donors (Lipinski definition) is 0. The van der Waals surface area contributed by atoms with Crippen LogP contribution in [-0.4, -0.2) is 47.3 Å². The molecule has 0 radical (unpaired) electrons. The number of carbonyl (C=O) groups excluding carboxylic acids is 1. The van der Waals surface area contributed by atoms with Gasteiger partial charge >= 0.3 is 0 Å². The SMILES string of the molecule is C#CC[C@@H](C[C@]1(O[Si](CC)(CC)CC)CCCC1=O)OCOCC[Si](C)(C)C. The number of carbonyl (C=O) groups is 1. The Bertz CT molecular complexity index is 511. The monoisotopic (exact) mass is 426 g/mol. The summed E-state index contributed by atoms with van der Waals surface area (Å²) in [6.45, 7) is 14.6. The Kier molecular flexibility index (Phi) is 10.7. The Morgan fingerprint density at radius 1 is 1.18 bits per heavy atom. The molecule has 0 N–H and O–H groups in total. The van der Waals surface area contributed by atoms with Gasteiger partial charge in [-0.25, -0.2) is 0 Å². The lowest BCUT2D eigenvalue weighted by molar-refractivity contribution is -0.140. The molecule has 0 aromatic rings. The topological polar surface area (TPSA) is 44.8 Å². The number of rotatable bonds is 14. The number of ether oxygens (including phenoxy) is 2. The van der Waals surface area contributed by atoms with E-state index in [4.69, 9.17) is 20.3 Å². The summed E-state index contributed by atoms with van der Waals surface area (Å²) >= 11 is 0. The van der Waals surface area contributed by atoms with E-state index >= 15 is 0 Å². The van der Waals surface area contributed by atoms with Crippen LogP contribution in [0.5, 0.6) is 0 Å². The van der Waals surface area contributed by atoms with Crippen LogP contribution >= 0.6 is 0 Å². The summed E-state index contributed by atoms with van der Waals surface area (Å²) < 4.78 is 18.5. The number of terminal acetylenes is 1. The molecule has 0 heterocycles. The summed E-state index contributed by atoms with van der Waals surface area (Å²) in [5.41, 5.74) is -0.700. The van der Waals surface area contributed by atoms with Crippen LogP contribution in [0.4, 0.5) is 0 Å². The molecular weight excluding hydrogens is 384 g/mol. The third-order valence-electron chi connectivity index (χ3n) is 6.12. The lowest BCUT2D eigenvalue weighted by Crippen LogP contribution is -2.51. The van der Waals surface area contributed by atoms with E-state index in [1.807, 2.05) is 0 Å². The summed E-state index contributed by atoms with van der Waals surface area (Å²) in [7, 11) is -3.02. The largest absolute Gasteiger partial charge is 0.404 e. The summed E-state index contributed by atoms with van der Waals surface area (Å²) in [5.74, 6) is 2.96. The fourth-order valence-corrected chi connectivity index (χ4v) is 7.74. The minimum absolute atomic E-state index is 0.198. The molecule has 0 spiro atoms. The molecule has 0 saturated heterocycles. The molecule has 2 atom stereocenters. The number of ketones is 1. The molecule has 0 unspecified atom stereocenters. The molecule has 1 fully saturated rings. The Morgan fingerprint density at radius 2 is 1.82 bits per heavy atom. The van der Waals surface area contributed by atoms with Gasteiger partial charge in [0, 0.05) is 33.9 Å². The maximum Gasteiger partial charge on any atom is 0.193 e. The fourth-order valence-electron chi connectivity index (χ4n) is 3.92. The predicted octanol–water partition coefficient (Wildman–Crippen LogP) is 5.61. The van der Waals surface area contributed by atoms with E-state index in [1.165, 1.54) is 0 Å². The number of Topliss-reactive ketones (excluding diaryl/α,β-unsaturated/α-hetero) is 1. The second-order valence-electron chi connectivity index (χ2n) is 9.35. The van der Waals surface area contributed by atoms with Gasteiger partial charge < -0.3 is 13.9 Å². The summed E-state index contributed by atoms with van der Waals surface area (Å²) in [4.78, 5) is 12.9. The molecule has 6 heteroatoms. The zero-order chi connectivity index (χ0) is 21.3. The van der Waals surface area contributed by atoms with Gasteiger partial charge in [-0.2, -0.15) is 0 Å². The van der Waals surface area contributed by atoms with Crippen LogP contribution < -0.4 is 0 Å². The average Bonchev–Trinajstić information content (AvgIpc) is 2.98. The van der Waals surface area contributed by atoms with Gasteiger partial charge in [-0.3, -0.25) is 4.79 Å². The van der Waals surface area contributed by atoms with E-state index in [0.29, 0.717) is 19.3 Å². The van der Waals surface area contributed by atoms with Gasteiger partial charge in [-0.1, -0.05) is 40.4 Å². The molecule has 28 heavy (non-hydrogen) atoms. The average molecular weight is 427 g/mol. The molecule has 0 aliphatic heterocycles. The van der Waals surface area contributed by atoms with Crippen molar-refractivity contribution in [3.8, 4) is 12.3 Å². The van der Waals surface area contributed by atoms with Crippen LogP contribution in [0.3, 0.4) is 0 Å². The highest BCUT2D eigenvalue weighted by atomic mass is 28.4. The normalized spacial score (nSPS) is 21.7. The van der Waals surface area contributed by atoms with Gasteiger partial charge in [-0.15, -0.1) is 12.3 Å². The minimum atomic E-state index is -1.91. The van der Waals surface area contributed by atoms with Gasteiger partial charge in [-0.05, 0) is 37.0 Å². The quantitative estimate of drug-likeness (QED) is 0.157. The zero-order valence-corrected chi connectivity index (χ0v) is 21.1. The van der Waals surface area contributed by atoms with E-state index in [1.54, 1.807) is 0 Å². The molecule has 1 saturated carbocycles. The van der Waals surface area contributed by atoms with Crippen LogP contribution in [0.1, 0.15) is 52.9 Å². The maximum absolute atomic E-state index is 12.9. The van der Waals surface area contributed by atoms with Crippen molar-refractivity contribution in [3.05, 3.63) is 0 Å². The van der Waals surface area contributed by atoms with E-state index in [-0.39, 0.29) is 18.7 Å². The molecule has 0 bridgehead atoms. The molecule has 4 nitrogen and oxygen atoms in total. The van der Waals surface area contributed by atoms with E-state index in [0.717, 1.165) is 43.6 Å². The van der Waals surface area contributed by atoms with Crippen molar-refractivity contribution < 1.29 is 18.7 Å². The molecule has 1 rings (SSSR count). The first-order chi connectivity index (χ1) is 13.2. The second kappa shape index (κ2) is 11.7. The molecule has 0 amide bonds. The molecule has 0 aromatic carbocycles. The Balaban J connectivity index is 2.78. The zero-order valence-electron chi connectivity index (χ0n) is 19.1. The maximum atomic E-state index is 12.9. The van der Waals surface area contributed by atoms with E-state index in [9.17, 15) is 4.79 Å². The van der Waals surface area contributed by atoms with Crippen LogP contribution in [-0.2, 0) is 18.7 Å². The highest BCUT2D eigenvalue weighted by Crippen LogP contribution is 2.40. The van der Waals surface area contributed by atoms with Crippen molar-refractivity contribution in [1.29, 1.82) is 0 Å². The first kappa shape index (κ1) is 25.6. The summed E-state index contributed by atoms with van der Waals surface area (Å²) in [6, 6.07) is 4.22. The lowest BCUT2D eigenvalue weighted by atomic mass is 9.92. The van der Waals surface area contributed by atoms with Crippen LogP contribution in [0, 0.1) is 12.3 Å². The van der Waals surface area contributed by atoms with E-state index in [2.05, 4.69) is 46.3 Å². The molecule has 162 valence electrons. The lowest BCUT2D eigenvalue weighted by Gasteiger charge is -2.40.